The van der Waals surface area contributed by atoms with Crippen molar-refractivity contribution in [2.24, 2.45) is 0 Å². The van der Waals surface area contributed by atoms with Crippen LogP contribution in [0.1, 0.15) is 18.4 Å². The molecule has 2 N–H and O–H groups in total. The molecule has 0 bridgehead atoms. The maximum Gasteiger partial charge on any atom is 0.0208 e. The minimum Gasteiger partial charge on any atom is -0.315 e. The molecule has 1 saturated heterocycles. The largest absolute Gasteiger partial charge is 0.315 e. The minimum absolute atomic E-state index is 0. The predicted octanol–water partition coefficient (Wildman–Crippen LogP) is 3.13. The van der Waals surface area contributed by atoms with E-state index in [9.17, 15) is 0 Å². The van der Waals surface area contributed by atoms with Gasteiger partial charge in [-0.1, -0.05) is 28.1 Å². The molecule has 0 radical (unpaired) electrons. The van der Waals surface area contributed by atoms with Crippen LogP contribution in [0.4, 0.5) is 0 Å². The Balaban J connectivity index is 0.00000128. The molecule has 0 unspecified atom stereocenters. The fourth-order valence-electron chi connectivity index (χ4n) is 1.89. The smallest absolute Gasteiger partial charge is 0.0208 e. The van der Waals surface area contributed by atoms with Crippen molar-refractivity contribution in [1.82, 2.24) is 10.6 Å². The normalized spacial score (nSPS) is 19.0. The van der Waals surface area contributed by atoms with E-state index in [4.69, 9.17) is 0 Å². The van der Waals surface area contributed by atoms with E-state index in [1.54, 1.807) is 0 Å². The molecule has 2 rings (SSSR count). The van der Waals surface area contributed by atoms with E-state index in [-0.39, 0.29) is 24.8 Å². The Kier molecular flexibility index (Phi) is 9.28. The molecule has 1 aromatic carbocycles. The van der Waals surface area contributed by atoms with Gasteiger partial charge >= 0.3 is 0 Å². The highest BCUT2D eigenvalue weighted by Gasteiger charge is 2.11. The second kappa shape index (κ2) is 9.17. The summed E-state index contributed by atoms with van der Waals surface area (Å²) in [6, 6.07) is 9.15. The van der Waals surface area contributed by atoms with E-state index in [1.807, 2.05) is 0 Å². The number of hydrogen-bond donors (Lipinski definition) is 2. The van der Waals surface area contributed by atoms with Crippen molar-refractivity contribution in [3.8, 4) is 0 Å². The van der Waals surface area contributed by atoms with Gasteiger partial charge in [-0.25, -0.2) is 0 Å². The lowest BCUT2D eigenvalue weighted by molar-refractivity contribution is 0.389. The van der Waals surface area contributed by atoms with E-state index in [2.05, 4.69) is 50.8 Å². The molecule has 1 fully saturated rings. The van der Waals surface area contributed by atoms with Crippen LogP contribution in [0, 0.1) is 0 Å². The molecule has 5 heteroatoms. The molecule has 1 aromatic rings. The summed E-state index contributed by atoms with van der Waals surface area (Å²) in [5.41, 5.74) is 1.35. The van der Waals surface area contributed by atoms with Gasteiger partial charge in [0.2, 0.25) is 0 Å². The average Bonchev–Trinajstić information content (AvgIpc) is 2.30. The zero-order chi connectivity index (χ0) is 10.5. The molecule has 17 heavy (non-hydrogen) atoms. The third-order valence-corrected chi connectivity index (χ3v) is 3.33. The molecule has 1 aliphatic rings. The lowest BCUT2D eigenvalue weighted by Crippen LogP contribution is -2.42. The molecule has 98 valence electrons. The van der Waals surface area contributed by atoms with E-state index < -0.39 is 0 Å². The molecular formula is C12H19BrCl2N2. The van der Waals surface area contributed by atoms with Gasteiger partial charge in [0.05, 0.1) is 0 Å². The second-order valence-corrected chi connectivity index (χ2v) is 4.97. The Hall–Kier alpha value is 0.200. The summed E-state index contributed by atoms with van der Waals surface area (Å²) in [7, 11) is 0. The van der Waals surface area contributed by atoms with Crippen molar-refractivity contribution < 1.29 is 0 Å². The van der Waals surface area contributed by atoms with Crippen molar-refractivity contribution in [3.63, 3.8) is 0 Å². The number of benzene rings is 1. The first-order valence-corrected chi connectivity index (χ1v) is 6.32. The van der Waals surface area contributed by atoms with Gasteiger partial charge in [0, 0.05) is 23.6 Å². The Bertz CT molecular complexity index is 300. The molecule has 0 aromatic heterocycles. The SMILES string of the molecule is Brc1ccc(CN[C@@H]2CCCNC2)cc1.Cl.Cl. The van der Waals surface area contributed by atoms with Gasteiger partial charge in [0.1, 0.15) is 0 Å². The van der Waals surface area contributed by atoms with Gasteiger partial charge in [0.15, 0.2) is 0 Å². The number of piperidine rings is 1. The fraction of sp³-hybridized carbons (Fsp3) is 0.500. The van der Waals surface area contributed by atoms with E-state index in [1.165, 1.54) is 24.9 Å². The molecule has 0 amide bonds. The van der Waals surface area contributed by atoms with Gasteiger partial charge in [-0.2, -0.15) is 0 Å². The lowest BCUT2D eigenvalue weighted by Gasteiger charge is -2.23. The highest BCUT2D eigenvalue weighted by atomic mass is 79.9. The summed E-state index contributed by atoms with van der Waals surface area (Å²) in [5.74, 6) is 0. The van der Waals surface area contributed by atoms with Crippen LogP contribution in [0.25, 0.3) is 0 Å². The summed E-state index contributed by atoms with van der Waals surface area (Å²) in [6.45, 7) is 3.26. The zero-order valence-electron chi connectivity index (χ0n) is 9.62. The van der Waals surface area contributed by atoms with Crippen LogP contribution < -0.4 is 10.6 Å². The first-order valence-electron chi connectivity index (χ1n) is 5.53. The molecule has 1 heterocycles. The Morgan fingerprint density at radius 3 is 2.53 bits per heavy atom. The summed E-state index contributed by atoms with van der Waals surface area (Å²) in [6.07, 6.45) is 2.58. The van der Waals surface area contributed by atoms with Crippen molar-refractivity contribution in [2.45, 2.75) is 25.4 Å². The average molecular weight is 342 g/mol. The van der Waals surface area contributed by atoms with Crippen LogP contribution >= 0.6 is 40.7 Å². The van der Waals surface area contributed by atoms with Crippen LogP contribution in [0.3, 0.4) is 0 Å². The number of hydrogen-bond acceptors (Lipinski definition) is 2. The van der Waals surface area contributed by atoms with Gasteiger partial charge in [-0.15, -0.1) is 24.8 Å². The van der Waals surface area contributed by atoms with Crippen molar-refractivity contribution in [1.29, 1.82) is 0 Å². The number of halogens is 3. The fourth-order valence-corrected chi connectivity index (χ4v) is 2.15. The quantitative estimate of drug-likeness (QED) is 0.882. The van der Waals surface area contributed by atoms with Crippen LogP contribution in [0.2, 0.25) is 0 Å². The second-order valence-electron chi connectivity index (χ2n) is 4.05. The third-order valence-electron chi connectivity index (χ3n) is 2.80. The topological polar surface area (TPSA) is 24.1 Å². The van der Waals surface area contributed by atoms with Gasteiger partial charge < -0.3 is 10.6 Å². The summed E-state index contributed by atoms with van der Waals surface area (Å²) in [4.78, 5) is 0. The number of nitrogens with one attached hydrogen (secondary N) is 2. The van der Waals surface area contributed by atoms with E-state index in [0.29, 0.717) is 6.04 Å². The molecule has 2 nitrogen and oxygen atoms in total. The maximum absolute atomic E-state index is 3.58. The van der Waals surface area contributed by atoms with Gasteiger partial charge in [-0.05, 0) is 37.1 Å². The molecule has 1 aliphatic heterocycles. The van der Waals surface area contributed by atoms with Crippen LogP contribution in [-0.4, -0.2) is 19.1 Å². The summed E-state index contributed by atoms with van der Waals surface area (Å²) < 4.78 is 1.14. The van der Waals surface area contributed by atoms with Gasteiger partial charge in [-0.3, -0.25) is 0 Å². The number of rotatable bonds is 3. The van der Waals surface area contributed by atoms with E-state index in [0.717, 1.165) is 17.6 Å². The van der Waals surface area contributed by atoms with E-state index >= 15 is 0 Å². The van der Waals surface area contributed by atoms with Crippen LogP contribution in [-0.2, 0) is 6.54 Å². The predicted molar refractivity (Wildman–Crippen MR) is 81.4 cm³/mol. The van der Waals surface area contributed by atoms with Crippen LogP contribution in [0.15, 0.2) is 28.7 Å². The molecule has 0 spiro atoms. The summed E-state index contributed by atoms with van der Waals surface area (Å²) in [5, 5.41) is 6.99. The third kappa shape index (κ3) is 6.07. The van der Waals surface area contributed by atoms with Crippen molar-refractivity contribution in [3.05, 3.63) is 34.3 Å². The van der Waals surface area contributed by atoms with Crippen molar-refractivity contribution in [2.75, 3.05) is 13.1 Å². The molecule has 0 saturated carbocycles. The lowest BCUT2D eigenvalue weighted by atomic mass is 10.1. The molecular weight excluding hydrogens is 323 g/mol. The monoisotopic (exact) mass is 340 g/mol. The highest BCUT2D eigenvalue weighted by molar-refractivity contribution is 9.10. The minimum atomic E-state index is 0. The molecule has 0 aliphatic carbocycles. The zero-order valence-corrected chi connectivity index (χ0v) is 12.8. The molecule has 1 atom stereocenters. The Labute approximate surface area is 124 Å². The first-order chi connectivity index (χ1) is 7.34. The van der Waals surface area contributed by atoms with Crippen molar-refractivity contribution >= 4 is 40.7 Å². The first kappa shape index (κ1) is 17.2. The maximum atomic E-state index is 3.58. The Morgan fingerprint density at radius 2 is 1.94 bits per heavy atom. The Morgan fingerprint density at radius 1 is 1.24 bits per heavy atom. The standard InChI is InChI=1S/C12H17BrN2.2ClH/c13-11-5-3-10(4-6-11)8-15-12-2-1-7-14-9-12;;/h3-6,12,14-15H,1-2,7-9H2;2*1H/t12-;;/m1../s1. The summed E-state index contributed by atoms with van der Waals surface area (Å²) >= 11 is 3.44. The van der Waals surface area contributed by atoms with Gasteiger partial charge in [0.25, 0.3) is 0 Å². The van der Waals surface area contributed by atoms with Crippen LogP contribution in [0.5, 0.6) is 0 Å². The highest BCUT2D eigenvalue weighted by Crippen LogP contribution is 2.11.